The minimum Gasteiger partial charge on any atom is -0.469 e. The lowest BCUT2D eigenvalue weighted by atomic mass is 9.41. The minimum absolute atomic E-state index is 0.00418. The van der Waals surface area contributed by atoms with Gasteiger partial charge in [-0.25, -0.2) is 0 Å². The van der Waals surface area contributed by atoms with Crippen molar-refractivity contribution in [2.24, 2.45) is 40.4 Å². The van der Waals surface area contributed by atoms with Crippen LogP contribution in [0.2, 0.25) is 0 Å². The van der Waals surface area contributed by atoms with E-state index >= 15 is 0 Å². The van der Waals surface area contributed by atoms with Crippen molar-refractivity contribution in [2.75, 3.05) is 26.8 Å². The Balaban J connectivity index is 1.67. The number of rotatable bonds is 4. The summed E-state index contributed by atoms with van der Waals surface area (Å²) in [4.78, 5) is 40.1. The number of ether oxygens (including phenoxy) is 3. The van der Waals surface area contributed by atoms with E-state index < -0.39 is 22.7 Å². The molecule has 0 aromatic heterocycles. The van der Waals surface area contributed by atoms with Crippen LogP contribution in [-0.4, -0.2) is 66.5 Å². The largest absolute Gasteiger partial charge is 0.469 e. The van der Waals surface area contributed by atoms with Gasteiger partial charge in [-0.15, -0.1) is 0 Å². The predicted octanol–water partition coefficient (Wildman–Crippen LogP) is 2.44. The van der Waals surface area contributed by atoms with Crippen LogP contribution in [0.25, 0.3) is 0 Å². The fourth-order valence-corrected chi connectivity index (χ4v) is 10.1. The van der Waals surface area contributed by atoms with Crippen molar-refractivity contribution in [1.29, 1.82) is 0 Å². The van der Waals surface area contributed by atoms with Crippen LogP contribution in [0, 0.1) is 40.4 Å². The van der Waals surface area contributed by atoms with E-state index in [1.165, 1.54) is 32.1 Å². The normalized spacial score (nSPS) is 47.2. The molecule has 4 bridgehead atoms. The fourth-order valence-electron chi connectivity index (χ4n) is 10.1. The van der Waals surface area contributed by atoms with E-state index in [1.54, 1.807) is 0 Å². The second-order valence-electron chi connectivity index (χ2n) is 12.0. The molecule has 6 aliphatic rings. The number of esters is 3. The van der Waals surface area contributed by atoms with Crippen molar-refractivity contribution >= 4 is 17.9 Å². The molecule has 2 saturated carbocycles. The van der Waals surface area contributed by atoms with E-state index in [0.717, 1.165) is 32.2 Å². The first kappa shape index (κ1) is 23.5. The lowest BCUT2D eigenvalue weighted by molar-refractivity contribution is -0.334. The Labute approximate surface area is 206 Å². The quantitative estimate of drug-likeness (QED) is 0.367. The molecule has 2 aliphatic heterocycles. The van der Waals surface area contributed by atoms with Crippen LogP contribution < -0.4 is 0 Å². The van der Waals surface area contributed by atoms with Crippen LogP contribution >= 0.6 is 0 Å². The van der Waals surface area contributed by atoms with Crippen LogP contribution in [0.15, 0.2) is 11.1 Å². The topological polar surface area (TPSA) is 102 Å². The lowest BCUT2D eigenvalue weighted by Gasteiger charge is -2.70. The molecule has 6 rings (SSSR count). The summed E-state index contributed by atoms with van der Waals surface area (Å²) in [5.41, 5.74) is -0.258. The van der Waals surface area contributed by atoms with Gasteiger partial charge in [0.1, 0.15) is 18.4 Å². The number of allylic oxidation sites excluding steroid dienone is 1. The zero-order valence-electron chi connectivity index (χ0n) is 21.2. The number of aliphatic hydroxyl groups is 1. The van der Waals surface area contributed by atoms with Gasteiger partial charge in [0.15, 0.2) is 0 Å². The van der Waals surface area contributed by atoms with Crippen LogP contribution in [-0.2, 0) is 28.6 Å². The van der Waals surface area contributed by atoms with E-state index in [4.69, 9.17) is 14.2 Å². The van der Waals surface area contributed by atoms with Crippen molar-refractivity contribution in [3.63, 3.8) is 0 Å². The van der Waals surface area contributed by atoms with E-state index in [2.05, 4.69) is 11.8 Å². The highest BCUT2D eigenvalue weighted by Crippen LogP contribution is 2.80. The van der Waals surface area contributed by atoms with Gasteiger partial charge in [0.25, 0.3) is 0 Å². The third-order valence-electron chi connectivity index (χ3n) is 10.9. The number of hydrogen-bond donors (Lipinski definition) is 1. The molecule has 35 heavy (non-hydrogen) atoms. The molecule has 4 aliphatic carbocycles. The minimum atomic E-state index is -1.18. The smallest absolute Gasteiger partial charge is 0.309 e. The molecular formula is C27H37NO7. The maximum absolute atomic E-state index is 13.2. The molecule has 4 fully saturated rings. The third-order valence-corrected chi connectivity index (χ3v) is 10.9. The van der Waals surface area contributed by atoms with E-state index in [-0.39, 0.29) is 54.1 Å². The van der Waals surface area contributed by atoms with E-state index in [0.29, 0.717) is 19.4 Å². The summed E-state index contributed by atoms with van der Waals surface area (Å²) in [5.74, 6) is -1.18. The molecule has 8 heteroatoms. The zero-order valence-corrected chi connectivity index (χ0v) is 21.2. The molecule has 1 spiro atoms. The first-order chi connectivity index (χ1) is 16.6. The van der Waals surface area contributed by atoms with Crippen molar-refractivity contribution < 1.29 is 33.7 Å². The number of hydrogen-bond acceptors (Lipinski definition) is 8. The Kier molecular flexibility index (Phi) is 5.06. The van der Waals surface area contributed by atoms with Gasteiger partial charge in [0.05, 0.1) is 18.4 Å². The van der Waals surface area contributed by atoms with E-state index in [1.807, 2.05) is 0 Å². The molecule has 192 valence electrons. The average molecular weight is 488 g/mol. The summed E-state index contributed by atoms with van der Waals surface area (Å²) in [5, 5.41) is 13.0. The fraction of sp³-hybridized carbons (Fsp3) is 0.815. The summed E-state index contributed by atoms with van der Waals surface area (Å²) in [6, 6.07) is 0. The molecule has 0 aromatic carbocycles. The Morgan fingerprint density at radius 2 is 1.86 bits per heavy atom. The molecule has 0 unspecified atom stereocenters. The summed E-state index contributed by atoms with van der Waals surface area (Å²) >= 11 is 0. The highest BCUT2D eigenvalue weighted by Gasteiger charge is 2.84. The molecule has 0 radical (unpaired) electrons. The van der Waals surface area contributed by atoms with Crippen LogP contribution in [0.3, 0.4) is 0 Å². The number of piperidine rings is 1. The van der Waals surface area contributed by atoms with E-state index in [9.17, 15) is 19.5 Å². The molecule has 1 N–H and O–H groups in total. The number of nitrogens with zero attached hydrogens (tertiary/aromatic N) is 1. The maximum atomic E-state index is 13.2. The summed E-state index contributed by atoms with van der Waals surface area (Å²) in [6.07, 6.45) is 4.06. The average Bonchev–Trinajstić information content (AvgIpc) is 3.42. The number of carbonyl (C=O) groups excluding carboxylic acids is 3. The maximum Gasteiger partial charge on any atom is 0.309 e. The molecule has 0 amide bonds. The standard InChI is InChI=1S/C27H37NO7/c1-14-11-28-12-18-7-5-17-6-8-19-20(24(31)33-4)10-26(23(17)19)25(18,13-34-15(2)29)22(35-16(3)30)9-21(14)27(26,28)32/h14,18-22,32H,5-13H2,1-4H3/t14-,18-,19-,20-,21-,22-,25-,26-,27-/m0/s1. The monoisotopic (exact) mass is 487 g/mol. The summed E-state index contributed by atoms with van der Waals surface area (Å²) in [7, 11) is 1.43. The van der Waals surface area contributed by atoms with Crippen molar-refractivity contribution in [1.82, 2.24) is 4.90 Å². The Bertz CT molecular complexity index is 1020. The second kappa shape index (κ2) is 7.54. The van der Waals surface area contributed by atoms with Crippen molar-refractivity contribution in [3.05, 3.63) is 11.1 Å². The molecule has 2 heterocycles. The van der Waals surface area contributed by atoms with Crippen LogP contribution in [0.1, 0.15) is 59.3 Å². The molecule has 2 saturated heterocycles. The first-order valence-electron chi connectivity index (χ1n) is 13.2. The van der Waals surface area contributed by atoms with Gasteiger partial charge in [-0.05, 0) is 56.3 Å². The SMILES string of the molecule is COC(=O)[C@H]1C[C@]23C4=C(CC[C@H]5CN6C[C@H](C)[C@H](C[C@H](OC(C)=O)[C@]52COC(C)=O)[C@@]63O)CC[C@H]41. The van der Waals surface area contributed by atoms with Gasteiger partial charge < -0.3 is 19.3 Å². The van der Waals surface area contributed by atoms with Gasteiger partial charge >= 0.3 is 17.9 Å². The Hall–Kier alpha value is -1.93. The lowest BCUT2D eigenvalue weighted by Crippen LogP contribution is -2.79. The molecule has 0 aromatic rings. The summed E-state index contributed by atoms with van der Waals surface area (Å²) < 4.78 is 17.3. The Morgan fingerprint density at radius 3 is 2.54 bits per heavy atom. The molecule has 8 nitrogen and oxygen atoms in total. The Morgan fingerprint density at radius 1 is 1.11 bits per heavy atom. The second-order valence-corrected chi connectivity index (χ2v) is 12.0. The van der Waals surface area contributed by atoms with Crippen LogP contribution in [0.5, 0.6) is 0 Å². The van der Waals surface area contributed by atoms with Gasteiger partial charge in [-0.2, -0.15) is 0 Å². The highest BCUT2D eigenvalue weighted by atomic mass is 16.6. The molecular weight excluding hydrogens is 450 g/mol. The van der Waals surface area contributed by atoms with Gasteiger partial charge in [-0.1, -0.05) is 18.1 Å². The number of carbonyl (C=O) groups is 3. The van der Waals surface area contributed by atoms with Gasteiger partial charge in [0.2, 0.25) is 0 Å². The van der Waals surface area contributed by atoms with Crippen LogP contribution in [0.4, 0.5) is 0 Å². The van der Waals surface area contributed by atoms with Crippen molar-refractivity contribution in [3.8, 4) is 0 Å². The van der Waals surface area contributed by atoms with Gasteiger partial charge in [-0.3, -0.25) is 19.3 Å². The predicted molar refractivity (Wildman–Crippen MR) is 123 cm³/mol. The third kappa shape index (κ3) is 2.63. The van der Waals surface area contributed by atoms with Gasteiger partial charge in [0, 0.05) is 38.3 Å². The van der Waals surface area contributed by atoms with Crippen molar-refractivity contribution in [2.45, 2.75) is 71.1 Å². The highest BCUT2D eigenvalue weighted by molar-refractivity contribution is 5.76. The first-order valence-corrected chi connectivity index (χ1v) is 13.2. The summed E-state index contributed by atoms with van der Waals surface area (Å²) in [6.45, 7) is 6.54. The number of methoxy groups -OCH3 is 1. The zero-order chi connectivity index (χ0) is 24.9. The molecule has 9 atom stereocenters.